The van der Waals surface area contributed by atoms with Crippen LogP contribution in [-0.2, 0) is 9.53 Å². The molecule has 13 heavy (non-hydrogen) atoms. The van der Waals surface area contributed by atoms with Crippen molar-refractivity contribution in [1.82, 2.24) is 5.32 Å². The number of hydrogen-bond donors (Lipinski definition) is 3. The normalized spacial score (nSPS) is 12.8. The van der Waals surface area contributed by atoms with Crippen molar-refractivity contribution in [1.29, 1.82) is 0 Å². The molecule has 5 heteroatoms. The molecule has 0 bridgehead atoms. The maximum absolute atomic E-state index is 10.3. The lowest BCUT2D eigenvalue weighted by molar-refractivity contribution is -0.138. The molecule has 4 N–H and O–H groups in total. The summed E-state index contributed by atoms with van der Waals surface area (Å²) in [6, 6.07) is -0.813. The first-order valence-electron chi connectivity index (χ1n) is 4.45. The minimum atomic E-state index is -0.975. The first-order valence-corrected chi connectivity index (χ1v) is 4.45. The highest BCUT2D eigenvalue weighted by Gasteiger charge is 2.09. The van der Waals surface area contributed by atoms with Crippen LogP contribution >= 0.6 is 0 Å². The molecule has 5 nitrogen and oxygen atoms in total. The van der Waals surface area contributed by atoms with E-state index in [2.05, 4.69) is 5.32 Å². The van der Waals surface area contributed by atoms with E-state index in [1.807, 2.05) is 6.92 Å². The van der Waals surface area contributed by atoms with Gasteiger partial charge in [0.2, 0.25) is 0 Å². The topological polar surface area (TPSA) is 84.6 Å². The molecular formula is C8H18N2O3. The van der Waals surface area contributed by atoms with Gasteiger partial charge in [0.1, 0.15) is 6.04 Å². The summed E-state index contributed by atoms with van der Waals surface area (Å²) >= 11 is 0. The van der Waals surface area contributed by atoms with E-state index >= 15 is 0 Å². The Labute approximate surface area is 78.3 Å². The number of aliphatic carboxylic acids is 1. The fourth-order valence-electron chi connectivity index (χ4n) is 0.788. The maximum atomic E-state index is 10.3. The summed E-state index contributed by atoms with van der Waals surface area (Å²) in [7, 11) is 0. The van der Waals surface area contributed by atoms with Gasteiger partial charge in [-0.3, -0.25) is 4.79 Å². The van der Waals surface area contributed by atoms with Gasteiger partial charge in [-0.25, -0.2) is 0 Å². The van der Waals surface area contributed by atoms with Crippen LogP contribution in [0.2, 0.25) is 0 Å². The van der Waals surface area contributed by atoms with Crippen molar-refractivity contribution in [3.63, 3.8) is 0 Å². The molecule has 0 fully saturated rings. The van der Waals surface area contributed by atoms with E-state index in [4.69, 9.17) is 15.6 Å². The number of carboxylic acids is 1. The zero-order chi connectivity index (χ0) is 10.1. The van der Waals surface area contributed by atoms with Crippen LogP contribution in [0.4, 0.5) is 0 Å². The van der Waals surface area contributed by atoms with E-state index in [0.29, 0.717) is 19.8 Å². The first-order chi connectivity index (χ1) is 6.18. The van der Waals surface area contributed by atoms with Gasteiger partial charge in [-0.1, -0.05) is 0 Å². The van der Waals surface area contributed by atoms with Gasteiger partial charge in [0, 0.05) is 19.8 Å². The van der Waals surface area contributed by atoms with E-state index in [9.17, 15) is 4.79 Å². The number of hydrogen-bond acceptors (Lipinski definition) is 4. The van der Waals surface area contributed by atoms with E-state index in [1.54, 1.807) is 0 Å². The Bertz CT molecular complexity index is 141. The number of rotatable bonds is 8. The summed E-state index contributed by atoms with van der Waals surface area (Å²) in [5, 5.41) is 11.4. The molecule has 1 atom stereocenters. The van der Waals surface area contributed by atoms with Gasteiger partial charge in [-0.2, -0.15) is 0 Å². The molecule has 0 rings (SSSR count). The van der Waals surface area contributed by atoms with Crippen LogP contribution in [0.15, 0.2) is 0 Å². The minimum absolute atomic E-state index is 0.307. The average Bonchev–Trinajstić information content (AvgIpc) is 2.10. The highest BCUT2D eigenvalue weighted by atomic mass is 16.5. The molecule has 0 aromatic carbocycles. The third kappa shape index (κ3) is 7.70. The molecule has 78 valence electrons. The van der Waals surface area contributed by atoms with Crippen molar-refractivity contribution >= 4 is 5.97 Å². The number of nitrogens with one attached hydrogen (secondary N) is 1. The molecule has 0 aromatic rings. The molecule has 0 heterocycles. The monoisotopic (exact) mass is 190 g/mol. The smallest absolute Gasteiger partial charge is 0.321 e. The van der Waals surface area contributed by atoms with Crippen LogP contribution in [0.1, 0.15) is 13.3 Å². The van der Waals surface area contributed by atoms with Gasteiger partial charge >= 0.3 is 5.97 Å². The zero-order valence-corrected chi connectivity index (χ0v) is 7.95. The van der Waals surface area contributed by atoms with Crippen LogP contribution in [-0.4, -0.2) is 43.4 Å². The van der Waals surface area contributed by atoms with Gasteiger partial charge in [0.25, 0.3) is 0 Å². The van der Waals surface area contributed by atoms with E-state index in [-0.39, 0.29) is 0 Å². The standard InChI is InChI=1S/C8H18N2O3/c1-2-13-5-3-4-10-6-7(9)8(11)12/h7,10H,2-6,9H2,1H3,(H,11,12). The molecule has 0 aliphatic carbocycles. The highest BCUT2D eigenvalue weighted by molar-refractivity contribution is 5.73. The minimum Gasteiger partial charge on any atom is -0.480 e. The third-order valence-electron chi connectivity index (χ3n) is 1.53. The van der Waals surface area contributed by atoms with E-state index in [0.717, 1.165) is 13.0 Å². The molecular weight excluding hydrogens is 172 g/mol. The van der Waals surface area contributed by atoms with Crippen molar-refractivity contribution in [3.05, 3.63) is 0 Å². The fourth-order valence-corrected chi connectivity index (χ4v) is 0.788. The Morgan fingerprint density at radius 2 is 2.38 bits per heavy atom. The SMILES string of the molecule is CCOCCCNCC(N)C(=O)O. The second kappa shape index (κ2) is 7.97. The predicted octanol–water partition coefficient (Wildman–Crippen LogP) is -0.585. The molecule has 0 radical (unpaired) electrons. The fraction of sp³-hybridized carbons (Fsp3) is 0.875. The molecule has 0 aliphatic rings. The highest BCUT2D eigenvalue weighted by Crippen LogP contribution is 1.81. The van der Waals surface area contributed by atoms with Gasteiger partial charge in [0.15, 0.2) is 0 Å². The first kappa shape index (κ1) is 12.3. The Kier molecular flexibility index (Phi) is 7.57. The molecule has 0 saturated carbocycles. The van der Waals surface area contributed by atoms with Gasteiger partial charge in [-0.05, 0) is 19.9 Å². The molecule has 0 aliphatic heterocycles. The second-order valence-electron chi connectivity index (χ2n) is 2.70. The Balaban J connectivity index is 3.11. The summed E-state index contributed by atoms with van der Waals surface area (Å²) in [6.07, 6.45) is 0.875. The van der Waals surface area contributed by atoms with Gasteiger partial charge in [-0.15, -0.1) is 0 Å². The quantitative estimate of drug-likeness (QED) is 0.446. The number of nitrogens with two attached hydrogens (primary N) is 1. The molecule has 0 spiro atoms. The van der Waals surface area contributed by atoms with Crippen molar-refractivity contribution < 1.29 is 14.6 Å². The third-order valence-corrected chi connectivity index (χ3v) is 1.53. The number of carbonyl (C=O) groups is 1. The summed E-state index contributed by atoms with van der Waals surface area (Å²) in [6.45, 7) is 4.40. The van der Waals surface area contributed by atoms with Crippen LogP contribution < -0.4 is 11.1 Å². The number of ether oxygens (including phenoxy) is 1. The lowest BCUT2D eigenvalue weighted by Crippen LogP contribution is -2.40. The summed E-state index contributed by atoms with van der Waals surface area (Å²) in [4.78, 5) is 10.3. The number of carboxylic acid groups (broad SMARTS) is 1. The molecule has 1 unspecified atom stereocenters. The lowest BCUT2D eigenvalue weighted by Gasteiger charge is -2.07. The Morgan fingerprint density at radius 1 is 1.69 bits per heavy atom. The average molecular weight is 190 g/mol. The molecule has 0 saturated heterocycles. The van der Waals surface area contributed by atoms with Crippen LogP contribution in [0.25, 0.3) is 0 Å². The predicted molar refractivity (Wildman–Crippen MR) is 49.6 cm³/mol. The summed E-state index contributed by atoms with van der Waals surface area (Å²) in [5.74, 6) is -0.975. The van der Waals surface area contributed by atoms with Crippen LogP contribution in [0.3, 0.4) is 0 Å². The van der Waals surface area contributed by atoms with Crippen molar-refractivity contribution in [2.45, 2.75) is 19.4 Å². The van der Waals surface area contributed by atoms with Crippen molar-refractivity contribution in [3.8, 4) is 0 Å². The molecule has 0 amide bonds. The Morgan fingerprint density at radius 3 is 2.92 bits per heavy atom. The van der Waals surface area contributed by atoms with Crippen molar-refractivity contribution in [2.75, 3.05) is 26.3 Å². The second-order valence-corrected chi connectivity index (χ2v) is 2.70. The zero-order valence-electron chi connectivity index (χ0n) is 7.95. The van der Waals surface area contributed by atoms with E-state index < -0.39 is 12.0 Å². The largest absolute Gasteiger partial charge is 0.480 e. The van der Waals surface area contributed by atoms with E-state index in [1.165, 1.54) is 0 Å². The maximum Gasteiger partial charge on any atom is 0.321 e. The van der Waals surface area contributed by atoms with Gasteiger partial charge in [0.05, 0.1) is 0 Å². The Hall–Kier alpha value is -0.650. The summed E-state index contributed by atoms with van der Waals surface area (Å²) < 4.78 is 5.10. The van der Waals surface area contributed by atoms with Crippen molar-refractivity contribution in [2.24, 2.45) is 5.73 Å². The van der Waals surface area contributed by atoms with Crippen LogP contribution in [0.5, 0.6) is 0 Å². The lowest BCUT2D eigenvalue weighted by atomic mass is 10.3. The van der Waals surface area contributed by atoms with Crippen LogP contribution in [0, 0.1) is 0 Å². The summed E-state index contributed by atoms with van der Waals surface area (Å²) in [5.41, 5.74) is 5.26. The van der Waals surface area contributed by atoms with Gasteiger partial charge < -0.3 is 20.9 Å². The molecule has 0 aromatic heterocycles.